The van der Waals surface area contributed by atoms with Crippen LogP contribution in [0.5, 0.6) is 0 Å². The number of thioether (sulfide) groups is 1. The SMILES string of the molecule is CSCC(C)N(C)C(=O)NCC(C)CC(=O)O. The van der Waals surface area contributed by atoms with Gasteiger partial charge in [-0.05, 0) is 19.1 Å². The highest BCUT2D eigenvalue weighted by Gasteiger charge is 2.16. The minimum Gasteiger partial charge on any atom is -0.481 e. The standard InChI is InChI=1S/C11H22N2O3S/c1-8(5-10(14)15)6-12-11(16)13(3)9(2)7-17-4/h8-9H,5-7H2,1-4H3,(H,12,16)(H,14,15). The maximum Gasteiger partial charge on any atom is 0.317 e. The molecule has 0 aliphatic heterocycles. The van der Waals surface area contributed by atoms with Crippen LogP contribution in [0.3, 0.4) is 0 Å². The molecule has 0 aliphatic carbocycles. The Labute approximate surface area is 107 Å². The predicted molar refractivity (Wildman–Crippen MR) is 70.4 cm³/mol. The number of rotatable bonds is 7. The molecule has 0 aromatic heterocycles. The molecule has 0 spiro atoms. The number of hydrogen-bond acceptors (Lipinski definition) is 3. The van der Waals surface area contributed by atoms with Crippen molar-refractivity contribution in [2.45, 2.75) is 26.3 Å². The minimum absolute atomic E-state index is 0.0549. The summed E-state index contributed by atoms with van der Waals surface area (Å²) in [5.41, 5.74) is 0. The third-order valence-corrected chi connectivity index (χ3v) is 3.33. The lowest BCUT2D eigenvalue weighted by molar-refractivity contribution is -0.137. The number of nitrogens with zero attached hydrogens (tertiary/aromatic N) is 1. The van der Waals surface area contributed by atoms with Crippen LogP contribution >= 0.6 is 11.8 Å². The molecular formula is C11H22N2O3S. The molecule has 0 saturated heterocycles. The molecule has 2 unspecified atom stereocenters. The van der Waals surface area contributed by atoms with Crippen molar-refractivity contribution in [3.05, 3.63) is 0 Å². The number of aliphatic carboxylic acids is 1. The molecular weight excluding hydrogens is 240 g/mol. The van der Waals surface area contributed by atoms with E-state index in [0.29, 0.717) is 6.54 Å². The molecule has 2 atom stereocenters. The van der Waals surface area contributed by atoms with Crippen LogP contribution in [0.25, 0.3) is 0 Å². The van der Waals surface area contributed by atoms with Gasteiger partial charge in [-0.25, -0.2) is 4.79 Å². The predicted octanol–water partition coefficient (Wildman–Crippen LogP) is 1.49. The van der Waals surface area contributed by atoms with Crippen molar-refractivity contribution in [3.8, 4) is 0 Å². The molecule has 0 aromatic rings. The zero-order chi connectivity index (χ0) is 13.4. The van der Waals surface area contributed by atoms with E-state index in [2.05, 4.69) is 5.32 Å². The van der Waals surface area contributed by atoms with Crippen LogP contribution in [-0.2, 0) is 4.79 Å². The number of carbonyl (C=O) groups is 2. The van der Waals surface area contributed by atoms with Gasteiger partial charge in [0.1, 0.15) is 0 Å². The molecule has 0 fully saturated rings. The van der Waals surface area contributed by atoms with Crippen LogP contribution in [0.4, 0.5) is 4.79 Å². The van der Waals surface area contributed by atoms with E-state index in [-0.39, 0.29) is 24.4 Å². The fourth-order valence-corrected chi connectivity index (χ4v) is 2.02. The molecule has 0 saturated carbocycles. The number of carbonyl (C=O) groups excluding carboxylic acids is 1. The topological polar surface area (TPSA) is 69.6 Å². The van der Waals surface area contributed by atoms with Crippen molar-refractivity contribution in [1.82, 2.24) is 10.2 Å². The van der Waals surface area contributed by atoms with Crippen molar-refractivity contribution >= 4 is 23.8 Å². The molecule has 5 nitrogen and oxygen atoms in total. The maximum atomic E-state index is 11.7. The third kappa shape index (κ3) is 7.10. The number of hydrogen-bond donors (Lipinski definition) is 2. The lowest BCUT2D eigenvalue weighted by Gasteiger charge is -2.25. The first-order valence-corrected chi connectivity index (χ1v) is 6.99. The summed E-state index contributed by atoms with van der Waals surface area (Å²) in [5, 5.41) is 11.3. The zero-order valence-corrected chi connectivity index (χ0v) is 11.7. The molecule has 0 aromatic carbocycles. The smallest absolute Gasteiger partial charge is 0.317 e. The Balaban J connectivity index is 3.96. The molecule has 0 aliphatic rings. The molecule has 0 radical (unpaired) electrons. The number of nitrogens with one attached hydrogen (secondary N) is 1. The molecule has 0 heterocycles. The van der Waals surface area contributed by atoms with Gasteiger partial charge in [-0.15, -0.1) is 0 Å². The van der Waals surface area contributed by atoms with Crippen LogP contribution in [0.15, 0.2) is 0 Å². The van der Waals surface area contributed by atoms with Gasteiger partial charge in [0.25, 0.3) is 0 Å². The van der Waals surface area contributed by atoms with E-state index in [9.17, 15) is 9.59 Å². The van der Waals surface area contributed by atoms with Gasteiger partial charge >= 0.3 is 12.0 Å². The largest absolute Gasteiger partial charge is 0.481 e. The van der Waals surface area contributed by atoms with E-state index in [4.69, 9.17) is 5.11 Å². The molecule has 2 amide bonds. The van der Waals surface area contributed by atoms with Gasteiger partial charge in [0.05, 0.1) is 0 Å². The Morgan fingerprint density at radius 2 is 2.00 bits per heavy atom. The quantitative estimate of drug-likeness (QED) is 0.729. The molecule has 17 heavy (non-hydrogen) atoms. The zero-order valence-electron chi connectivity index (χ0n) is 10.9. The van der Waals surface area contributed by atoms with Gasteiger partial charge in [-0.1, -0.05) is 6.92 Å². The second-order valence-electron chi connectivity index (χ2n) is 4.30. The second-order valence-corrected chi connectivity index (χ2v) is 5.22. The summed E-state index contributed by atoms with van der Waals surface area (Å²) in [4.78, 5) is 23.8. The summed E-state index contributed by atoms with van der Waals surface area (Å²) in [6.07, 6.45) is 2.07. The first kappa shape index (κ1) is 16.1. The Kier molecular flexibility index (Phi) is 7.78. The van der Waals surface area contributed by atoms with Gasteiger partial charge in [0.2, 0.25) is 0 Å². The number of carboxylic acids is 1. The number of carboxylic acid groups (broad SMARTS) is 1. The van der Waals surface area contributed by atoms with Gasteiger partial charge in [-0.2, -0.15) is 11.8 Å². The minimum atomic E-state index is -0.837. The molecule has 0 rings (SSSR count). The molecule has 0 bridgehead atoms. The van der Waals surface area contributed by atoms with E-state index < -0.39 is 5.97 Å². The molecule has 100 valence electrons. The average molecular weight is 262 g/mol. The Hall–Kier alpha value is -0.910. The highest BCUT2D eigenvalue weighted by atomic mass is 32.2. The number of amides is 2. The van der Waals surface area contributed by atoms with Gasteiger partial charge in [0.15, 0.2) is 0 Å². The van der Waals surface area contributed by atoms with E-state index in [1.807, 2.05) is 13.2 Å². The Bertz CT molecular complexity index is 261. The lowest BCUT2D eigenvalue weighted by atomic mass is 10.1. The fourth-order valence-electron chi connectivity index (χ4n) is 1.31. The van der Waals surface area contributed by atoms with Gasteiger partial charge < -0.3 is 15.3 Å². The first-order chi connectivity index (χ1) is 7.88. The lowest BCUT2D eigenvalue weighted by Crippen LogP contribution is -2.44. The van der Waals surface area contributed by atoms with Crippen molar-refractivity contribution in [2.75, 3.05) is 25.6 Å². The Morgan fingerprint density at radius 3 is 2.47 bits per heavy atom. The van der Waals surface area contributed by atoms with Crippen LogP contribution in [0.2, 0.25) is 0 Å². The van der Waals surface area contributed by atoms with E-state index in [1.54, 1.807) is 30.6 Å². The van der Waals surface area contributed by atoms with E-state index >= 15 is 0 Å². The average Bonchev–Trinajstić information content (AvgIpc) is 2.24. The van der Waals surface area contributed by atoms with Crippen LogP contribution in [0, 0.1) is 5.92 Å². The summed E-state index contributed by atoms with van der Waals surface area (Å²) >= 11 is 1.69. The third-order valence-electron chi connectivity index (χ3n) is 2.51. The summed E-state index contributed by atoms with van der Waals surface area (Å²) < 4.78 is 0. The second kappa shape index (κ2) is 8.22. The summed E-state index contributed by atoms with van der Waals surface area (Å²) in [7, 11) is 1.75. The highest BCUT2D eigenvalue weighted by Crippen LogP contribution is 2.04. The monoisotopic (exact) mass is 262 g/mol. The van der Waals surface area contributed by atoms with Crippen molar-refractivity contribution in [2.24, 2.45) is 5.92 Å². The first-order valence-electron chi connectivity index (χ1n) is 5.59. The van der Waals surface area contributed by atoms with Crippen LogP contribution in [-0.4, -0.2) is 53.6 Å². The molecule has 2 N–H and O–H groups in total. The van der Waals surface area contributed by atoms with Crippen molar-refractivity contribution in [1.29, 1.82) is 0 Å². The summed E-state index contributed by atoms with van der Waals surface area (Å²) in [5.74, 6) is -0.00854. The maximum absolute atomic E-state index is 11.7. The van der Waals surface area contributed by atoms with Crippen molar-refractivity contribution in [3.63, 3.8) is 0 Å². The van der Waals surface area contributed by atoms with E-state index in [0.717, 1.165) is 5.75 Å². The van der Waals surface area contributed by atoms with Crippen LogP contribution < -0.4 is 5.32 Å². The number of urea groups is 1. The Morgan fingerprint density at radius 1 is 1.41 bits per heavy atom. The normalized spacial score (nSPS) is 13.9. The van der Waals surface area contributed by atoms with E-state index in [1.165, 1.54) is 0 Å². The van der Waals surface area contributed by atoms with Crippen molar-refractivity contribution < 1.29 is 14.7 Å². The fraction of sp³-hybridized carbons (Fsp3) is 0.818. The van der Waals surface area contributed by atoms with Crippen LogP contribution in [0.1, 0.15) is 20.3 Å². The summed E-state index contributed by atoms with van der Waals surface area (Å²) in [6, 6.07) is 0.0172. The van der Waals surface area contributed by atoms with Gasteiger partial charge in [-0.3, -0.25) is 4.79 Å². The summed E-state index contributed by atoms with van der Waals surface area (Å²) in [6.45, 7) is 4.18. The highest BCUT2D eigenvalue weighted by molar-refractivity contribution is 7.98. The molecule has 6 heteroatoms. The van der Waals surface area contributed by atoms with Gasteiger partial charge in [0, 0.05) is 31.8 Å².